The first-order valence-corrected chi connectivity index (χ1v) is 8.92. The number of anilines is 1. The molecular weight excluding hydrogens is 296 g/mol. The molecule has 0 aromatic heterocycles. The number of carbonyl (C=O) groups is 1. The maximum atomic E-state index is 12.6. The highest BCUT2D eigenvalue weighted by Crippen LogP contribution is 2.20. The van der Waals surface area contributed by atoms with Gasteiger partial charge in [0.2, 0.25) is 5.91 Å². The van der Waals surface area contributed by atoms with Gasteiger partial charge in [0.25, 0.3) is 0 Å². The SMILES string of the molecule is CCN(Cc1ccccc1)C(=O)Cc1ccc(N2CCCC2)cc1. The van der Waals surface area contributed by atoms with E-state index in [9.17, 15) is 4.79 Å². The van der Waals surface area contributed by atoms with Crippen LogP contribution in [0.3, 0.4) is 0 Å². The molecule has 2 aromatic carbocycles. The highest BCUT2D eigenvalue weighted by molar-refractivity contribution is 5.79. The highest BCUT2D eigenvalue weighted by Gasteiger charge is 2.14. The minimum Gasteiger partial charge on any atom is -0.372 e. The quantitative estimate of drug-likeness (QED) is 0.806. The number of rotatable bonds is 6. The summed E-state index contributed by atoms with van der Waals surface area (Å²) >= 11 is 0. The van der Waals surface area contributed by atoms with Gasteiger partial charge >= 0.3 is 0 Å². The molecule has 0 N–H and O–H groups in total. The van der Waals surface area contributed by atoms with Crippen LogP contribution in [-0.4, -0.2) is 30.4 Å². The summed E-state index contributed by atoms with van der Waals surface area (Å²) in [5.74, 6) is 0.190. The Bertz CT molecular complexity index is 645. The van der Waals surface area contributed by atoms with Gasteiger partial charge in [0, 0.05) is 31.9 Å². The number of hydrogen-bond acceptors (Lipinski definition) is 2. The van der Waals surface area contributed by atoms with E-state index in [1.54, 1.807) is 0 Å². The average molecular weight is 322 g/mol. The molecule has 2 aromatic rings. The fourth-order valence-corrected chi connectivity index (χ4v) is 3.27. The predicted molar refractivity (Wildman–Crippen MR) is 99.1 cm³/mol. The molecule has 0 aliphatic carbocycles. The van der Waals surface area contributed by atoms with Crippen LogP contribution in [0.15, 0.2) is 54.6 Å². The van der Waals surface area contributed by atoms with Gasteiger partial charge in [0.05, 0.1) is 6.42 Å². The van der Waals surface area contributed by atoms with E-state index in [0.29, 0.717) is 13.0 Å². The van der Waals surface area contributed by atoms with E-state index >= 15 is 0 Å². The normalized spacial score (nSPS) is 14.0. The van der Waals surface area contributed by atoms with Gasteiger partial charge in [-0.2, -0.15) is 0 Å². The zero-order chi connectivity index (χ0) is 16.8. The third-order valence-electron chi connectivity index (χ3n) is 4.71. The molecule has 0 unspecified atom stereocenters. The van der Waals surface area contributed by atoms with E-state index in [4.69, 9.17) is 0 Å². The second-order valence-corrected chi connectivity index (χ2v) is 6.43. The second kappa shape index (κ2) is 8.00. The molecule has 1 aliphatic rings. The number of carbonyl (C=O) groups excluding carboxylic acids is 1. The van der Waals surface area contributed by atoms with Crippen LogP contribution in [0.1, 0.15) is 30.9 Å². The number of amides is 1. The minimum atomic E-state index is 0.190. The maximum Gasteiger partial charge on any atom is 0.227 e. The molecule has 1 amide bonds. The molecule has 0 saturated carbocycles. The van der Waals surface area contributed by atoms with Crippen molar-refractivity contribution in [2.24, 2.45) is 0 Å². The number of nitrogens with zero attached hydrogens (tertiary/aromatic N) is 2. The van der Waals surface area contributed by atoms with Gasteiger partial charge < -0.3 is 9.80 Å². The van der Waals surface area contributed by atoms with Gasteiger partial charge in [-0.05, 0) is 43.0 Å². The lowest BCUT2D eigenvalue weighted by Crippen LogP contribution is -2.31. The van der Waals surface area contributed by atoms with Crippen LogP contribution in [0.2, 0.25) is 0 Å². The van der Waals surface area contributed by atoms with Crippen molar-refractivity contribution < 1.29 is 4.79 Å². The van der Waals surface area contributed by atoms with Crippen molar-refractivity contribution in [3.05, 3.63) is 65.7 Å². The molecular formula is C21H26N2O. The largest absolute Gasteiger partial charge is 0.372 e. The van der Waals surface area contributed by atoms with Crippen LogP contribution in [0.25, 0.3) is 0 Å². The van der Waals surface area contributed by atoms with Crippen LogP contribution >= 0.6 is 0 Å². The monoisotopic (exact) mass is 322 g/mol. The summed E-state index contributed by atoms with van der Waals surface area (Å²) in [4.78, 5) is 16.9. The molecule has 0 atom stereocenters. The third kappa shape index (κ3) is 4.16. The summed E-state index contributed by atoms with van der Waals surface area (Å²) in [6.45, 7) is 5.76. The Balaban J connectivity index is 1.60. The molecule has 1 fully saturated rings. The van der Waals surface area contributed by atoms with Crippen molar-refractivity contribution in [1.29, 1.82) is 0 Å². The molecule has 3 nitrogen and oxygen atoms in total. The second-order valence-electron chi connectivity index (χ2n) is 6.43. The molecule has 3 rings (SSSR count). The summed E-state index contributed by atoms with van der Waals surface area (Å²) in [6.07, 6.45) is 3.04. The van der Waals surface area contributed by atoms with Crippen LogP contribution in [0.5, 0.6) is 0 Å². The Labute approximate surface area is 144 Å². The van der Waals surface area contributed by atoms with Crippen molar-refractivity contribution in [2.45, 2.75) is 32.7 Å². The number of likely N-dealkylation sites (N-methyl/N-ethyl adjacent to an activating group) is 1. The zero-order valence-electron chi connectivity index (χ0n) is 14.4. The van der Waals surface area contributed by atoms with Gasteiger partial charge in [-0.15, -0.1) is 0 Å². The third-order valence-corrected chi connectivity index (χ3v) is 4.71. The number of benzene rings is 2. The van der Waals surface area contributed by atoms with E-state index in [-0.39, 0.29) is 5.91 Å². The van der Waals surface area contributed by atoms with Gasteiger partial charge in [0.1, 0.15) is 0 Å². The number of hydrogen-bond donors (Lipinski definition) is 0. The van der Waals surface area contributed by atoms with Gasteiger partial charge in [-0.3, -0.25) is 4.79 Å². The molecule has 1 saturated heterocycles. The summed E-state index contributed by atoms with van der Waals surface area (Å²) in [5, 5.41) is 0. The van der Waals surface area contributed by atoms with E-state index in [1.807, 2.05) is 30.0 Å². The lowest BCUT2D eigenvalue weighted by Gasteiger charge is -2.21. The molecule has 1 aliphatic heterocycles. The van der Waals surface area contributed by atoms with Gasteiger partial charge in [0.15, 0.2) is 0 Å². The first-order valence-electron chi connectivity index (χ1n) is 8.92. The fraction of sp³-hybridized carbons (Fsp3) is 0.381. The summed E-state index contributed by atoms with van der Waals surface area (Å²) in [6, 6.07) is 18.7. The van der Waals surface area contributed by atoms with Gasteiger partial charge in [-0.25, -0.2) is 0 Å². The molecule has 0 radical (unpaired) electrons. The summed E-state index contributed by atoms with van der Waals surface area (Å²) < 4.78 is 0. The van der Waals surface area contributed by atoms with Gasteiger partial charge in [-0.1, -0.05) is 42.5 Å². The van der Waals surface area contributed by atoms with Crippen LogP contribution in [0.4, 0.5) is 5.69 Å². The smallest absolute Gasteiger partial charge is 0.227 e. The van der Waals surface area contributed by atoms with Crippen molar-refractivity contribution in [1.82, 2.24) is 4.90 Å². The van der Waals surface area contributed by atoms with Crippen molar-refractivity contribution >= 4 is 11.6 Å². The van der Waals surface area contributed by atoms with Crippen LogP contribution in [0, 0.1) is 0 Å². The van der Waals surface area contributed by atoms with Crippen molar-refractivity contribution in [3.8, 4) is 0 Å². The summed E-state index contributed by atoms with van der Waals surface area (Å²) in [5.41, 5.74) is 3.55. The lowest BCUT2D eigenvalue weighted by atomic mass is 10.1. The first-order chi connectivity index (χ1) is 11.8. The van der Waals surface area contributed by atoms with E-state index < -0.39 is 0 Å². The zero-order valence-corrected chi connectivity index (χ0v) is 14.4. The van der Waals surface area contributed by atoms with Crippen molar-refractivity contribution in [3.63, 3.8) is 0 Å². The average Bonchev–Trinajstić information content (AvgIpc) is 3.16. The standard InChI is InChI=1S/C21H26N2O/c1-2-22(17-19-8-4-3-5-9-19)21(24)16-18-10-12-20(13-11-18)23-14-6-7-15-23/h3-5,8-13H,2,6-7,14-17H2,1H3. The topological polar surface area (TPSA) is 23.6 Å². The molecule has 1 heterocycles. The predicted octanol–water partition coefficient (Wildman–Crippen LogP) is 3.88. The molecule has 0 spiro atoms. The Morgan fingerprint density at radius 1 is 0.958 bits per heavy atom. The summed E-state index contributed by atoms with van der Waals surface area (Å²) in [7, 11) is 0. The maximum absolute atomic E-state index is 12.6. The molecule has 24 heavy (non-hydrogen) atoms. The van der Waals surface area contributed by atoms with Crippen LogP contribution in [-0.2, 0) is 17.8 Å². The molecule has 3 heteroatoms. The van der Waals surface area contributed by atoms with E-state index in [1.165, 1.54) is 24.1 Å². The Morgan fingerprint density at radius 3 is 2.25 bits per heavy atom. The van der Waals surface area contributed by atoms with E-state index in [0.717, 1.165) is 25.2 Å². The minimum absolute atomic E-state index is 0.190. The first kappa shape index (κ1) is 16.6. The van der Waals surface area contributed by atoms with Crippen molar-refractivity contribution in [2.75, 3.05) is 24.5 Å². The van der Waals surface area contributed by atoms with E-state index in [2.05, 4.69) is 41.3 Å². The molecule has 0 bridgehead atoms. The Kier molecular flexibility index (Phi) is 5.52. The highest BCUT2D eigenvalue weighted by atomic mass is 16.2. The fourth-order valence-electron chi connectivity index (χ4n) is 3.27. The van der Waals surface area contributed by atoms with Crippen LogP contribution < -0.4 is 4.90 Å². The Hall–Kier alpha value is -2.29. The Morgan fingerprint density at radius 2 is 1.62 bits per heavy atom. The lowest BCUT2D eigenvalue weighted by molar-refractivity contribution is -0.130. The molecule has 126 valence electrons.